The van der Waals surface area contributed by atoms with Crippen LogP contribution in [0.15, 0.2) is 83.3 Å². The minimum Gasteiger partial charge on any atom is -0.507 e. The Kier molecular flexibility index (Phi) is 5.87. The molecule has 0 bridgehead atoms. The van der Waals surface area contributed by atoms with Crippen molar-refractivity contribution in [1.82, 2.24) is 0 Å². The van der Waals surface area contributed by atoms with E-state index in [2.05, 4.69) is 15.9 Å². The topological polar surface area (TPSA) is 46.5 Å². The molecule has 0 aromatic heterocycles. The SMILES string of the molecule is O=C(/C=C/c1ccc(OCc2ccccc2)cc1)c1cc(Br)ccc1O. The van der Waals surface area contributed by atoms with Gasteiger partial charge in [0.1, 0.15) is 18.1 Å². The van der Waals surface area contributed by atoms with Crippen LogP contribution in [-0.4, -0.2) is 10.9 Å². The van der Waals surface area contributed by atoms with Crippen molar-refractivity contribution in [3.8, 4) is 11.5 Å². The Balaban J connectivity index is 1.62. The van der Waals surface area contributed by atoms with Crippen molar-refractivity contribution >= 4 is 27.8 Å². The maximum atomic E-state index is 12.2. The predicted octanol–water partition coefficient (Wildman–Crippen LogP) is 5.63. The molecule has 0 heterocycles. The Morgan fingerprint density at radius 1 is 1.00 bits per heavy atom. The van der Waals surface area contributed by atoms with Gasteiger partial charge in [-0.1, -0.05) is 64.5 Å². The second-order valence-electron chi connectivity index (χ2n) is 5.70. The molecule has 0 aliphatic rings. The van der Waals surface area contributed by atoms with Crippen LogP contribution in [0, 0.1) is 0 Å². The third-order valence-electron chi connectivity index (χ3n) is 3.78. The van der Waals surface area contributed by atoms with Gasteiger partial charge in [0.05, 0.1) is 5.56 Å². The van der Waals surface area contributed by atoms with Crippen LogP contribution in [0.2, 0.25) is 0 Å². The molecule has 0 unspecified atom stereocenters. The van der Waals surface area contributed by atoms with Crippen LogP contribution in [0.3, 0.4) is 0 Å². The number of rotatable bonds is 6. The number of benzene rings is 3. The first-order valence-corrected chi connectivity index (χ1v) is 8.89. The fourth-order valence-electron chi connectivity index (χ4n) is 2.38. The molecule has 0 aliphatic carbocycles. The van der Waals surface area contributed by atoms with E-state index in [-0.39, 0.29) is 17.1 Å². The van der Waals surface area contributed by atoms with E-state index in [1.165, 1.54) is 12.1 Å². The summed E-state index contributed by atoms with van der Waals surface area (Å²) in [6, 6.07) is 22.2. The number of hydrogen-bond donors (Lipinski definition) is 1. The van der Waals surface area contributed by atoms with Gasteiger partial charge in [0.25, 0.3) is 0 Å². The van der Waals surface area contributed by atoms with Crippen molar-refractivity contribution in [3.63, 3.8) is 0 Å². The summed E-state index contributed by atoms with van der Waals surface area (Å²) >= 11 is 3.30. The number of halogens is 1. The number of allylic oxidation sites excluding steroid dienone is 1. The summed E-state index contributed by atoms with van der Waals surface area (Å²) < 4.78 is 6.48. The zero-order valence-electron chi connectivity index (χ0n) is 13.9. The number of hydrogen-bond acceptors (Lipinski definition) is 3. The van der Waals surface area contributed by atoms with Crippen LogP contribution >= 0.6 is 15.9 Å². The van der Waals surface area contributed by atoms with Crippen molar-refractivity contribution in [3.05, 3.63) is 100 Å². The molecule has 130 valence electrons. The van der Waals surface area contributed by atoms with Gasteiger partial charge in [-0.25, -0.2) is 0 Å². The summed E-state index contributed by atoms with van der Waals surface area (Å²) in [5.41, 5.74) is 2.24. The van der Waals surface area contributed by atoms with Gasteiger partial charge in [-0.2, -0.15) is 0 Å². The predicted molar refractivity (Wildman–Crippen MR) is 106 cm³/mol. The van der Waals surface area contributed by atoms with Gasteiger partial charge in [0.2, 0.25) is 0 Å². The molecular weight excluding hydrogens is 392 g/mol. The summed E-state index contributed by atoms with van der Waals surface area (Å²) in [5, 5.41) is 9.80. The van der Waals surface area contributed by atoms with Gasteiger partial charge in [-0.3, -0.25) is 4.79 Å². The highest BCUT2D eigenvalue weighted by molar-refractivity contribution is 9.10. The first kappa shape index (κ1) is 18.0. The number of phenolic OH excluding ortho intramolecular Hbond substituents is 1. The summed E-state index contributed by atoms with van der Waals surface area (Å²) in [6.07, 6.45) is 3.16. The van der Waals surface area contributed by atoms with Gasteiger partial charge in [0.15, 0.2) is 5.78 Å². The number of aromatic hydroxyl groups is 1. The van der Waals surface area contributed by atoms with Crippen LogP contribution in [0.5, 0.6) is 11.5 Å². The molecule has 26 heavy (non-hydrogen) atoms. The van der Waals surface area contributed by atoms with Crippen LogP contribution in [0.25, 0.3) is 6.08 Å². The summed E-state index contributed by atoms with van der Waals surface area (Å²) in [6.45, 7) is 0.511. The minimum atomic E-state index is -0.256. The second-order valence-corrected chi connectivity index (χ2v) is 6.62. The van der Waals surface area contributed by atoms with E-state index in [0.29, 0.717) is 6.61 Å². The van der Waals surface area contributed by atoms with E-state index < -0.39 is 0 Å². The van der Waals surface area contributed by atoms with E-state index in [0.717, 1.165) is 21.3 Å². The monoisotopic (exact) mass is 408 g/mol. The molecule has 0 saturated heterocycles. The quantitative estimate of drug-likeness (QED) is 0.424. The Morgan fingerprint density at radius 3 is 2.46 bits per heavy atom. The van der Waals surface area contributed by atoms with Crippen molar-refractivity contribution in [2.45, 2.75) is 6.61 Å². The number of ether oxygens (including phenoxy) is 1. The van der Waals surface area contributed by atoms with Crippen molar-refractivity contribution in [1.29, 1.82) is 0 Å². The molecule has 0 atom stereocenters. The molecule has 3 nitrogen and oxygen atoms in total. The lowest BCUT2D eigenvalue weighted by Crippen LogP contribution is -1.95. The fourth-order valence-corrected chi connectivity index (χ4v) is 2.74. The van der Waals surface area contributed by atoms with Crippen LogP contribution < -0.4 is 4.74 Å². The van der Waals surface area contributed by atoms with Gasteiger partial charge in [-0.05, 0) is 47.5 Å². The largest absolute Gasteiger partial charge is 0.507 e. The molecule has 0 radical (unpaired) electrons. The number of phenols is 1. The summed E-state index contributed by atoms with van der Waals surface area (Å²) in [4.78, 5) is 12.2. The van der Waals surface area contributed by atoms with Crippen LogP contribution in [0.1, 0.15) is 21.5 Å². The lowest BCUT2D eigenvalue weighted by molar-refractivity contribution is 0.104. The van der Waals surface area contributed by atoms with E-state index in [4.69, 9.17) is 4.74 Å². The molecule has 0 amide bonds. The van der Waals surface area contributed by atoms with Gasteiger partial charge < -0.3 is 9.84 Å². The van der Waals surface area contributed by atoms with Gasteiger partial charge in [-0.15, -0.1) is 0 Å². The minimum absolute atomic E-state index is 0.0347. The Bertz CT molecular complexity index is 916. The second kappa shape index (κ2) is 8.50. The molecule has 3 aromatic carbocycles. The standard InChI is InChI=1S/C22H17BrO3/c23-18-9-13-22(25)20(14-18)21(24)12-8-16-6-10-19(11-7-16)26-15-17-4-2-1-3-5-17/h1-14,25H,15H2/b12-8+. The van der Waals surface area contributed by atoms with E-state index in [9.17, 15) is 9.90 Å². The maximum Gasteiger partial charge on any atom is 0.189 e. The third-order valence-corrected chi connectivity index (χ3v) is 4.27. The van der Waals surface area contributed by atoms with E-state index in [1.807, 2.05) is 54.6 Å². The Morgan fingerprint density at radius 2 is 1.73 bits per heavy atom. The highest BCUT2D eigenvalue weighted by atomic mass is 79.9. The Labute approximate surface area is 160 Å². The van der Waals surface area contributed by atoms with Crippen molar-refractivity contribution < 1.29 is 14.6 Å². The normalized spacial score (nSPS) is 10.8. The summed E-state index contributed by atoms with van der Waals surface area (Å²) in [5.74, 6) is 0.475. The number of carbonyl (C=O) groups is 1. The lowest BCUT2D eigenvalue weighted by atomic mass is 10.1. The van der Waals surface area contributed by atoms with Gasteiger partial charge >= 0.3 is 0 Å². The van der Waals surface area contributed by atoms with E-state index >= 15 is 0 Å². The highest BCUT2D eigenvalue weighted by Crippen LogP contribution is 2.23. The van der Waals surface area contributed by atoms with Crippen LogP contribution in [0.4, 0.5) is 0 Å². The molecular formula is C22H17BrO3. The first-order chi connectivity index (χ1) is 12.6. The molecule has 0 fully saturated rings. The Hall–Kier alpha value is -2.85. The molecule has 0 spiro atoms. The van der Waals surface area contributed by atoms with Gasteiger partial charge in [0, 0.05) is 4.47 Å². The van der Waals surface area contributed by atoms with Crippen LogP contribution in [-0.2, 0) is 6.61 Å². The molecule has 4 heteroatoms. The number of carbonyl (C=O) groups excluding carboxylic acids is 1. The zero-order valence-corrected chi connectivity index (χ0v) is 15.5. The first-order valence-electron chi connectivity index (χ1n) is 8.09. The number of ketones is 1. The van der Waals surface area contributed by atoms with Crippen molar-refractivity contribution in [2.75, 3.05) is 0 Å². The average molecular weight is 409 g/mol. The molecule has 3 rings (SSSR count). The molecule has 3 aromatic rings. The fraction of sp³-hybridized carbons (Fsp3) is 0.0455. The zero-order chi connectivity index (χ0) is 18.4. The summed E-state index contributed by atoms with van der Waals surface area (Å²) in [7, 11) is 0. The smallest absolute Gasteiger partial charge is 0.189 e. The maximum absolute atomic E-state index is 12.2. The highest BCUT2D eigenvalue weighted by Gasteiger charge is 2.08. The molecule has 0 saturated carbocycles. The van der Waals surface area contributed by atoms with Crippen molar-refractivity contribution in [2.24, 2.45) is 0 Å². The van der Waals surface area contributed by atoms with E-state index in [1.54, 1.807) is 18.2 Å². The third kappa shape index (κ3) is 4.83. The lowest BCUT2D eigenvalue weighted by Gasteiger charge is -2.06. The average Bonchev–Trinajstić information content (AvgIpc) is 2.68. The molecule has 0 aliphatic heterocycles. The molecule has 1 N–H and O–H groups in total.